The van der Waals surface area contributed by atoms with Crippen molar-refractivity contribution in [2.45, 2.75) is 24.7 Å². The average molecular weight is 1480 g/mol. The van der Waals surface area contributed by atoms with E-state index in [0.29, 0.717) is 0 Å². The second-order valence-corrected chi connectivity index (χ2v) is 29.6. The van der Waals surface area contributed by atoms with Gasteiger partial charge in [0.1, 0.15) is 5.65 Å². The first kappa shape index (κ1) is 72.6. The molecule has 12 heterocycles. The Balaban J connectivity index is 0.0000000977. The molecule has 23 rings (SSSR count). The molecule has 0 spiro atoms. The van der Waals surface area contributed by atoms with Crippen molar-refractivity contribution in [3.8, 4) is 0 Å². The fraction of sp³-hybridized carbons (Fsp3) is 0.108. The van der Waals surface area contributed by atoms with Crippen molar-refractivity contribution in [2.24, 2.45) is 35.2 Å². The number of benzene rings is 11. The molecule has 0 amide bonds. The van der Waals surface area contributed by atoms with Crippen LogP contribution in [-0.2, 0) is 46.1 Å². The zero-order chi connectivity index (χ0) is 78.0. The molecule has 556 valence electrons. The van der Waals surface area contributed by atoms with Gasteiger partial charge in [0.25, 0.3) is 0 Å². The Kier molecular flexibility index (Phi) is 19.7. The van der Waals surface area contributed by atoms with E-state index in [4.69, 9.17) is 0 Å². The lowest BCUT2D eigenvalue weighted by Crippen LogP contribution is -2.37. The van der Waals surface area contributed by atoms with E-state index in [0.717, 1.165) is 16.4 Å². The third-order valence-electron chi connectivity index (χ3n) is 23.2. The van der Waals surface area contributed by atoms with Gasteiger partial charge in [-0.2, -0.15) is 0 Å². The van der Waals surface area contributed by atoms with Crippen LogP contribution in [-0.4, -0.2) is 61.9 Å². The molecule has 0 saturated carbocycles. The van der Waals surface area contributed by atoms with Crippen molar-refractivity contribution in [3.63, 3.8) is 0 Å². The van der Waals surface area contributed by atoms with Gasteiger partial charge in [-0.3, -0.25) is 19.9 Å². The molecule has 114 heavy (non-hydrogen) atoms. The van der Waals surface area contributed by atoms with Crippen LogP contribution in [0.2, 0.25) is 0 Å². The van der Waals surface area contributed by atoms with Gasteiger partial charge in [0.15, 0.2) is 0 Å². The molecule has 10 aromatic heterocycles. The van der Waals surface area contributed by atoms with E-state index in [1.807, 2.05) is 74.0 Å². The highest BCUT2D eigenvalue weighted by Crippen LogP contribution is 2.55. The van der Waals surface area contributed by atoms with Gasteiger partial charge >= 0.3 is 0 Å². The van der Waals surface area contributed by atoms with E-state index < -0.39 is 0 Å². The molecule has 0 unspecified atom stereocenters. The van der Waals surface area contributed by atoms with Gasteiger partial charge in [-0.05, 0) is 124 Å². The molecule has 12 nitrogen and oxygen atoms in total. The van der Waals surface area contributed by atoms with E-state index in [9.17, 15) is 0 Å². The van der Waals surface area contributed by atoms with Gasteiger partial charge in [0, 0.05) is 203 Å². The van der Waals surface area contributed by atoms with E-state index in [-0.39, 0.29) is 10.8 Å². The summed E-state index contributed by atoms with van der Waals surface area (Å²) in [5, 5.41) is 12.6. The number of rotatable bonds is 2. The van der Waals surface area contributed by atoms with Crippen LogP contribution in [0, 0.1) is 0 Å². The van der Waals surface area contributed by atoms with Crippen LogP contribution < -0.4 is 9.80 Å². The second-order valence-electron chi connectivity index (χ2n) is 29.6. The fourth-order valence-corrected chi connectivity index (χ4v) is 17.5. The first-order chi connectivity index (χ1) is 55.8. The van der Waals surface area contributed by atoms with Crippen LogP contribution in [0.4, 0.5) is 22.7 Å². The van der Waals surface area contributed by atoms with E-state index >= 15 is 0 Å². The van der Waals surface area contributed by atoms with Gasteiger partial charge in [-0.15, -0.1) is 0 Å². The molecule has 2 aliphatic rings. The summed E-state index contributed by atoms with van der Waals surface area (Å²) in [7, 11) is 14.7. The van der Waals surface area contributed by atoms with E-state index in [1.165, 1.54) is 149 Å². The minimum atomic E-state index is -0.331. The van der Waals surface area contributed by atoms with Crippen molar-refractivity contribution in [2.75, 3.05) is 23.9 Å². The largest absolute Gasteiger partial charge is 0.344 e. The molecule has 0 fully saturated rings. The Bertz CT molecular complexity index is 5990. The molecule has 0 bridgehead atoms. The van der Waals surface area contributed by atoms with Crippen LogP contribution in [0.1, 0.15) is 47.2 Å². The lowest BCUT2D eigenvalue weighted by molar-refractivity contribution is 0.629. The SMILES string of the molecule is CN1c2ccccc2C(C)(C)c2ccccc21.CN1c2ccccc2C(c2ccccc2)(c2ccccc2)c2ccccc21.Cn1c2ccccc2c2ccccc21.Cn1c2ccccc2c2cccnc21.Cn1c2ccccc2c2ccncc21.Cn1c2ccccc2c2cnccc21.Cn1c2ccncc2c2cnccc21. The molecule has 0 aliphatic carbocycles. The predicted octanol–water partition coefficient (Wildman–Crippen LogP) is 23.9. The van der Waals surface area contributed by atoms with Crippen molar-refractivity contribution in [1.82, 2.24) is 47.8 Å². The summed E-state index contributed by atoms with van der Waals surface area (Å²) >= 11 is 0. The zero-order valence-corrected chi connectivity index (χ0v) is 65.6. The van der Waals surface area contributed by atoms with Crippen molar-refractivity contribution < 1.29 is 0 Å². The van der Waals surface area contributed by atoms with Crippen LogP contribution in [0.3, 0.4) is 0 Å². The highest BCUT2D eigenvalue weighted by atomic mass is 15.1. The Morgan fingerprint density at radius 1 is 0.211 bits per heavy atom. The number of hydrogen-bond donors (Lipinski definition) is 0. The number of fused-ring (bicyclic) bond motifs is 19. The molecule has 0 atom stereocenters. The Hall–Kier alpha value is -14.2. The van der Waals surface area contributed by atoms with Gasteiger partial charge in [-0.25, -0.2) is 4.98 Å². The van der Waals surface area contributed by atoms with Crippen LogP contribution in [0.15, 0.2) is 371 Å². The molecule has 21 aromatic rings. The first-order valence-corrected chi connectivity index (χ1v) is 38.7. The predicted molar refractivity (Wildman–Crippen MR) is 477 cm³/mol. The molecule has 0 N–H and O–H groups in total. The Morgan fingerprint density at radius 2 is 0.482 bits per heavy atom. The molecule has 12 heteroatoms. The number of anilines is 4. The topological polar surface area (TPSA) is 95.6 Å². The maximum Gasteiger partial charge on any atom is 0.140 e. The summed E-state index contributed by atoms with van der Waals surface area (Å²) in [5.41, 5.74) is 25.2. The first-order valence-electron chi connectivity index (χ1n) is 38.7. The number of nitrogens with zero attached hydrogens (tertiary/aromatic N) is 12. The summed E-state index contributed by atoms with van der Waals surface area (Å²) in [6, 6.07) is 111. The summed E-state index contributed by atoms with van der Waals surface area (Å²) < 4.78 is 10.9. The summed E-state index contributed by atoms with van der Waals surface area (Å²) in [6.45, 7) is 4.61. The van der Waals surface area contributed by atoms with Gasteiger partial charge in [0.05, 0.1) is 39.2 Å². The average Bonchev–Trinajstić information content (AvgIpc) is 0.959. The lowest BCUT2D eigenvalue weighted by Gasteiger charge is -2.45. The number of pyridine rings is 5. The molecule has 2 aliphatic heterocycles. The minimum Gasteiger partial charge on any atom is -0.344 e. The molecule has 0 saturated heterocycles. The van der Waals surface area contributed by atoms with Crippen LogP contribution in [0.25, 0.3) is 109 Å². The van der Waals surface area contributed by atoms with Crippen molar-refractivity contribution in [3.05, 3.63) is 405 Å². The molecule has 0 radical (unpaired) electrons. The van der Waals surface area contributed by atoms with E-state index in [2.05, 4.69) is 418 Å². The number of aromatic nitrogens is 10. The summed E-state index contributed by atoms with van der Waals surface area (Å²) in [4.78, 5) is 25.6. The maximum absolute atomic E-state index is 4.38. The normalized spacial score (nSPS) is 12.7. The maximum atomic E-state index is 4.38. The monoisotopic (exact) mass is 1480 g/mol. The van der Waals surface area contributed by atoms with Crippen molar-refractivity contribution in [1.29, 1.82) is 0 Å². The van der Waals surface area contributed by atoms with Gasteiger partial charge in [0.2, 0.25) is 0 Å². The number of aryl methyl sites for hydroxylation is 5. The highest BCUT2D eigenvalue weighted by Gasteiger charge is 2.45. The summed E-state index contributed by atoms with van der Waals surface area (Å²) in [5.74, 6) is 0. The van der Waals surface area contributed by atoms with Gasteiger partial charge in [-0.1, -0.05) is 238 Å². The molecule has 11 aromatic carbocycles. The van der Waals surface area contributed by atoms with Crippen LogP contribution in [0.5, 0.6) is 0 Å². The molecular weight excluding hydrogens is 1390 g/mol. The lowest BCUT2D eigenvalue weighted by atomic mass is 9.62. The third kappa shape index (κ3) is 12.8. The van der Waals surface area contributed by atoms with Crippen molar-refractivity contribution >= 4 is 132 Å². The quantitative estimate of drug-likeness (QED) is 0.170. The number of hydrogen-bond acceptors (Lipinski definition) is 7. The van der Waals surface area contributed by atoms with Crippen LogP contribution >= 0.6 is 0 Å². The number of para-hydroxylation sites is 9. The highest BCUT2D eigenvalue weighted by molar-refractivity contribution is 6.11. The van der Waals surface area contributed by atoms with Gasteiger partial charge < -0.3 is 32.6 Å². The standard InChI is InChI=1S/C26H21N.C16H17N.C13H11N.3C12H10N2.C11H9N3/c1-27-24-18-10-8-16-22(24)26(20-12-4-2-5-13-20,21-14-6-3-7-15-21)23-17-9-11-19-25(23)27;1-16(2)12-8-4-6-10-14(12)17(3)15-11-7-5-9-13(15)16;1-14-12-8-4-2-6-10(12)11-7-3-5-9-13(11)14;1-14-11-7-3-2-5-9(11)10-6-4-8-13-12(10)14;1-14-11-5-3-2-4-9(11)10-8-13-7-6-12(10)14;1-14-11-5-3-2-4-9(11)10-6-7-13-8-12(10)14;1-14-10-2-4-12-6-8(10)9-7-13-5-3-11(9)14/h2-19H,1H3;4-11H,1-3H3;2-9H,1H3;3*2-8H,1H3;2-7H,1H3. The van der Waals surface area contributed by atoms with E-state index in [1.54, 1.807) is 0 Å². The molecular formula is C102H88N12. The second kappa shape index (κ2) is 30.9. The fourth-order valence-electron chi connectivity index (χ4n) is 17.5. The zero-order valence-electron chi connectivity index (χ0n) is 65.6. The third-order valence-corrected chi connectivity index (χ3v) is 23.2. The Morgan fingerprint density at radius 3 is 0.895 bits per heavy atom. The smallest absolute Gasteiger partial charge is 0.140 e. The summed E-state index contributed by atoms with van der Waals surface area (Å²) in [6.07, 6.45) is 16.8. The minimum absolute atomic E-state index is 0.0830. The Labute approximate surface area is 664 Å².